The second kappa shape index (κ2) is 4.30. The Hall–Kier alpha value is -0.770. The van der Waals surface area contributed by atoms with Crippen LogP contribution in [0.1, 0.15) is 39.5 Å². The van der Waals surface area contributed by atoms with Crippen molar-refractivity contribution in [2.24, 2.45) is 11.8 Å². The SMILES string of the molecule is CC#CCC1CC(C)CCC1=O. The van der Waals surface area contributed by atoms with Gasteiger partial charge in [-0.1, -0.05) is 6.92 Å². The van der Waals surface area contributed by atoms with E-state index in [0.717, 1.165) is 25.7 Å². The van der Waals surface area contributed by atoms with Gasteiger partial charge in [0.05, 0.1) is 0 Å². The molecular weight excluding hydrogens is 148 g/mol. The predicted octanol–water partition coefficient (Wildman–Crippen LogP) is 2.41. The summed E-state index contributed by atoms with van der Waals surface area (Å²) in [6, 6.07) is 0. The first-order valence-corrected chi connectivity index (χ1v) is 4.66. The average molecular weight is 164 g/mol. The van der Waals surface area contributed by atoms with Crippen LogP contribution in [-0.4, -0.2) is 5.78 Å². The second-order valence-corrected chi connectivity index (χ2v) is 3.67. The number of Topliss-reactive ketones (excluding diaryl/α,β-unsaturated/α-hetero) is 1. The lowest BCUT2D eigenvalue weighted by atomic mass is 9.80. The lowest BCUT2D eigenvalue weighted by molar-refractivity contribution is -0.125. The number of rotatable bonds is 1. The third-order valence-corrected chi connectivity index (χ3v) is 2.55. The molecule has 0 aromatic carbocycles. The van der Waals surface area contributed by atoms with Crippen LogP contribution in [0.15, 0.2) is 0 Å². The molecule has 0 spiro atoms. The Kier molecular flexibility index (Phi) is 3.34. The topological polar surface area (TPSA) is 17.1 Å². The number of hydrogen-bond donors (Lipinski definition) is 0. The zero-order valence-electron chi connectivity index (χ0n) is 7.89. The van der Waals surface area contributed by atoms with Crippen molar-refractivity contribution in [3.8, 4) is 11.8 Å². The van der Waals surface area contributed by atoms with Gasteiger partial charge in [0, 0.05) is 18.8 Å². The zero-order chi connectivity index (χ0) is 8.97. The van der Waals surface area contributed by atoms with E-state index in [2.05, 4.69) is 18.8 Å². The smallest absolute Gasteiger partial charge is 0.136 e. The molecule has 0 bridgehead atoms. The van der Waals surface area contributed by atoms with E-state index < -0.39 is 0 Å². The van der Waals surface area contributed by atoms with Crippen LogP contribution in [0.25, 0.3) is 0 Å². The van der Waals surface area contributed by atoms with Crippen LogP contribution < -0.4 is 0 Å². The largest absolute Gasteiger partial charge is 0.299 e. The van der Waals surface area contributed by atoms with Crippen molar-refractivity contribution in [2.75, 3.05) is 0 Å². The van der Waals surface area contributed by atoms with Crippen molar-refractivity contribution in [3.05, 3.63) is 0 Å². The lowest BCUT2D eigenvalue weighted by Crippen LogP contribution is -2.23. The Morgan fingerprint density at radius 2 is 2.33 bits per heavy atom. The van der Waals surface area contributed by atoms with E-state index in [1.54, 1.807) is 0 Å². The molecule has 1 saturated carbocycles. The van der Waals surface area contributed by atoms with Gasteiger partial charge in [-0.25, -0.2) is 0 Å². The highest BCUT2D eigenvalue weighted by Gasteiger charge is 2.25. The Balaban J connectivity index is 2.47. The van der Waals surface area contributed by atoms with Crippen LogP contribution >= 0.6 is 0 Å². The number of ketones is 1. The quantitative estimate of drug-likeness (QED) is 0.544. The van der Waals surface area contributed by atoms with Gasteiger partial charge in [-0.15, -0.1) is 11.8 Å². The molecule has 1 nitrogen and oxygen atoms in total. The van der Waals surface area contributed by atoms with Crippen molar-refractivity contribution in [2.45, 2.75) is 39.5 Å². The summed E-state index contributed by atoms with van der Waals surface area (Å²) < 4.78 is 0. The molecule has 2 unspecified atom stereocenters. The number of hydrogen-bond acceptors (Lipinski definition) is 1. The Morgan fingerprint density at radius 1 is 1.58 bits per heavy atom. The molecule has 0 aliphatic heterocycles. The van der Waals surface area contributed by atoms with E-state index >= 15 is 0 Å². The van der Waals surface area contributed by atoms with Crippen LogP contribution in [0.2, 0.25) is 0 Å². The summed E-state index contributed by atoms with van der Waals surface area (Å²) in [5.74, 6) is 7.22. The summed E-state index contributed by atoms with van der Waals surface area (Å²) in [6.07, 6.45) is 3.68. The summed E-state index contributed by atoms with van der Waals surface area (Å²) in [6.45, 7) is 4.05. The molecule has 1 aliphatic rings. The maximum Gasteiger partial charge on any atom is 0.136 e. The Bertz CT molecular complexity index is 219. The predicted molar refractivity (Wildman–Crippen MR) is 49.6 cm³/mol. The molecule has 1 aliphatic carbocycles. The molecule has 0 N–H and O–H groups in total. The van der Waals surface area contributed by atoms with E-state index in [0.29, 0.717) is 11.7 Å². The summed E-state index contributed by atoms with van der Waals surface area (Å²) >= 11 is 0. The highest BCUT2D eigenvalue weighted by Crippen LogP contribution is 2.27. The van der Waals surface area contributed by atoms with Crippen LogP contribution in [-0.2, 0) is 4.79 Å². The molecule has 0 aromatic rings. The van der Waals surface area contributed by atoms with Gasteiger partial charge in [-0.2, -0.15) is 0 Å². The van der Waals surface area contributed by atoms with Crippen molar-refractivity contribution in [1.82, 2.24) is 0 Å². The summed E-state index contributed by atoms with van der Waals surface area (Å²) in [5.41, 5.74) is 0. The highest BCUT2D eigenvalue weighted by molar-refractivity contribution is 5.82. The minimum Gasteiger partial charge on any atom is -0.299 e. The van der Waals surface area contributed by atoms with Gasteiger partial charge in [0.1, 0.15) is 5.78 Å². The summed E-state index contributed by atoms with van der Waals surface area (Å²) in [5, 5.41) is 0. The molecule has 66 valence electrons. The van der Waals surface area contributed by atoms with E-state index in [1.165, 1.54) is 0 Å². The monoisotopic (exact) mass is 164 g/mol. The van der Waals surface area contributed by atoms with Crippen molar-refractivity contribution < 1.29 is 4.79 Å². The van der Waals surface area contributed by atoms with Crippen molar-refractivity contribution in [1.29, 1.82) is 0 Å². The number of carbonyl (C=O) groups is 1. The van der Waals surface area contributed by atoms with Crippen LogP contribution in [0.3, 0.4) is 0 Å². The molecule has 1 heteroatoms. The van der Waals surface area contributed by atoms with Gasteiger partial charge < -0.3 is 0 Å². The van der Waals surface area contributed by atoms with Crippen LogP contribution in [0.4, 0.5) is 0 Å². The molecule has 2 atom stereocenters. The van der Waals surface area contributed by atoms with Crippen molar-refractivity contribution >= 4 is 5.78 Å². The fraction of sp³-hybridized carbons (Fsp3) is 0.727. The van der Waals surface area contributed by atoms with E-state index in [9.17, 15) is 4.79 Å². The third-order valence-electron chi connectivity index (χ3n) is 2.55. The van der Waals surface area contributed by atoms with E-state index in [1.807, 2.05) is 6.92 Å². The van der Waals surface area contributed by atoms with E-state index in [4.69, 9.17) is 0 Å². The van der Waals surface area contributed by atoms with Gasteiger partial charge in [-0.3, -0.25) is 4.79 Å². The van der Waals surface area contributed by atoms with E-state index in [-0.39, 0.29) is 5.92 Å². The molecule has 0 amide bonds. The highest BCUT2D eigenvalue weighted by atomic mass is 16.1. The number of carbonyl (C=O) groups excluding carboxylic acids is 1. The molecule has 1 fully saturated rings. The average Bonchev–Trinajstić information content (AvgIpc) is 2.07. The molecule has 12 heavy (non-hydrogen) atoms. The van der Waals surface area contributed by atoms with Gasteiger partial charge in [0.2, 0.25) is 0 Å². The summed E-state index contributed by atoms with van der Waals surface area (Å²) in [7, 11) is 0. The third kappa shape index (κ3) is 2.37. The fourth-order valence-corrected chi connectivity index (χ4v) is 1.75. The second-order valence-electron chi connectivity index (χ2n) is 3.67. The minimum atomic E-state index is 0.237. The first-order valence-electron chi connectivity index (χ1n) is 4.66. The summed E-state index contributed by atoms with van der Waals surface area (Å²) in [4.78, 5) is 11.4. The molecule has 0 aromatic heterocycles. The maximum atomic E-state index is 11.4. The minimum absolute atomic E-state index is 0.237. The first kappa shape index (κ1) is 9.32. The molecule has 0 radical (unpaired) electrons. The molecule has 0 heterocycles. The molecule has 0 saturated heterocycles. The van der Waals surface area contributed by atoms with Crippen LogP contribution in [0, 0.1) is 23.7 Å². The van der Waals surface area contributed by atoms with Crippen molar-refractivity contribution in [3.63, 3.8) is 0 Å². The zero-order valence-corrected chi connectivity index (χ0v) is 7.89. The van der Waals surface area contributed by atoms with Gasteiger partial charge >= 0.3 is 0 Å². The molecule has 1 rings (SSSR count). The fourth-order valence-electron chi connectivity index (χ4n) is 1.75. The van der Waals surface area contributed by atoms with Gasteiger partial charge in [0.25, 0.3) is 0 Å². The molecular formula is C11H16O. The lowest BCUT2D eigenvalue weighted by Gasteiger charge is -2.23. The van der Waals surface area contributed by atoms with Gasteiger partial charge in [0.15, 0.2) is 0 Å². The van der Waals surface area contributed by atoms with Gasteiger partial charge in [-0.05, 0) is 25.7 Å². The maximum absolute atomic E-state index is 11.4. The standard InChI is InChI=1S/C11H16O/c1-3-4-5-10-8-9(2)6-7-11(10)12/h9-10H,5-8H2,1-2H3. The Morgan fingerprint density at radius 3 is 3.00 bits per heavy atom. The van der Waals surface area contributed by atoms with Crippen LogP contribution in [0.5, 0.6) is 0 Å². The first-order chi connectivity index (χ1) is 5.74. The normalized spacial score (nSPS) is 29.3. The Labute approximate surface area is 74.5 Å².